The van der Waals surface area contributed by atoms with E-state index >= 15 is 0 Å². The highest BCUT2D eigenvalue weighted by Gasteiger charge is 2.21. The number of hydrogen-bond donors (Lipinski definition) is 1. The van der Waals surface area contributed by atoms with Gasteiger partial charge in [0.15, 0.2) is 0 Å². The highest BCUT2D eigenvalue weighted by molar-refractivity contribution is 9.10. The van der Waals surface area contributed by atoms with Gasteiger partial charge in [0, 0.05) is 15.8 Å². The zero-order valence-corrected chi connectivity index (χ0v) is 18.3. The van der Waals surface area contributed by atoms with E-state index < -0.39 is 0 Å². The molecule has 0 bridgehead atoms. The summed E-state index contributed by atoms with van der Waals surface area (Å²) in [6, 6.07) is 9.92. The molecule has 0 radical (unpaired) electrons. The van der Waals surface area contributed by atoms with Crippen LogP contribution in [-0.2, 0) is 6.54 Å². The Bertz CT molecular complexity index is 1150. The smallest absolute Gasteiger partial charge is 0.261 e. The first-order chi connectivity index (χ1) is 12.4. The van der Waals surface area contributed by atoms with E-state index in [2.05, 4.69) is 56.8 Å². The van der Waals surface area contributed by atoms with Gasteiger partial charge in [0.25, 0.3) is 5.56 Å². The predicted molar refractivity (Wildman–Crippen MR) is 115 cm³/mol. The number of aromatic nitrogens is 3. The van der Waals surface area contributed by atoms with Crippen LogP contribution < -0.4 is 5.56 Å². The SMILES string of the molecule is CC(C)C(Br)c1nc2cc3[nH]c(Br)cc3cc2c(=O)n1Cc1cccs1. The molecule has 0 fully saturated rings. The van der Waals surface area contributed by atoms with Gasteiger partial charge in [-0.1, -0.05) is 35.8 Å². The van der Waals surface area contributed by atoms with Crippen LogP contribution in [0.15, 0.2) is 45.1 Å². The van der Waals surface area contributed by atoms with Gasteiger partial charge in [-0.25, -0.2) is 4.98 Å². The summed E-state index contributed by atoms with van der Waals surface area (Å²) in [7, 11) is 0. The molecule has 26 heavy (non-hydrogen) atoms. The zero-order chi connectivity index (χ0) is 18.4. The first-order valence-electron chi connectivity index (χ1n) is 8.33. The molecule has 1 atom stereocenters. The number of H-pyrrole nitrogens is 1. The lowest BCUT2D eigenvalue weighted by molar-refractivity contribution is 0.571. The number of rotatable bonds is 4. The Hall–Kier alpha value is -1.44. The van der Waals surface area contributed by atoms with Gasteiger partial charge >= 0.3 is 0 Å². The molecule has 134 valence electrons. The second-order valence-corrected chi connectivity index (χ2v) is 9.53. The van der Waals surface area contributed by atoms with Crippen LogP contribution in [0, 0.1) is 5.92 Å². The second kappa shape index (κ2) is 6.94. The van der Waals surface area contributed by atoms with Crippen molar-refractivity contribution in [1.82, 2.24) is 14.5 Å². The molecular formula is C19H17Br2N3OS. The van der Waals surface area contributed by atoms with Gasteiger partial charge in [0.05, 0.1) is 26.9 Å². The number of aromatic amines is 1. The van der Waals surface area contributed by atoms with Crippen molar-refractivity contribution in [2.75, 3.05) is 0 Å². The summed E-state index contributed by atoms with van der Waals surface area (Å²) in [5.41, 5.74) is 1.69. The largest absolute Gasteiger partial charge is 0.349 e. The van der Waals surface area contributed by atoms with Crippen molar-refractivity contribution in [3.8, 4) is 0 Å². The minimum atomic E-state index is 0.00252. The summed E-state index contributed by atoms with van der Waals surface area (Å²) >= 11 is 8.86. The molecule has 4 nitrogen and oxygen atoms in total. The summed E-state index contributed by atoms with van der Waals surface area (Å²) in [4.78, 5) is 22.6. The number of nitrogens with zero attached hydrogens (tertiary/aromatic N) is 2. The summed E-state index contributed by atoms with van der Waals surface area (Å²) in [5.74, 6) is 1.09. The maximum absolute atomic E-state index is 13.3. The molecule has 0 saturated carbocycles. The Morgan fingerprint density at radius 2 is 2.12 bits per heavy atom. The molecule has 1 unspecified atom stereocenters. The van der Waals surface area contributed by atoms with Crippen LogP contribution in [0.2, 0.25) is 0 Å². The molecule has 4 rings (SSSR count). The second-order valence-electron chi connectivity index (χ2n) is 6.66. The lowest BCUT2D eigenvalue weighted by atomic mass is 10.1. The van der Waals surface area contributed by atoms with E-state index in [-0.39, 0.29) is 10.4 Å². The van der Waals surface area contributed by atoms with Gasteiger partial charge in [0.1, 0.15) is 5.82 Å². The van der Waals surface area contributed by atoms with Crippen molar-refractivity contribution >= 4 is 65.0 Å². The van der Waals surface area contributed by atoms with E-state index in [1.165, 1.54) is 0 Å². The number of halogens is 2. The summed E-state index contributed by atoms with van der Waals surface area (Å²) in [6.07, 6.45) is 0. The van der Waals surface area contributed by atoms with Crippen LogP contribution in [0.25, 0.3) is 21.8 Å². The Morgan fingerprint density at radius 1 is 1.31 bits per heavy atom. The van der Waals surface area contributed by atoms with Crippen LogP contribution in [0.4, 0.5) is 0 Å². The number of thiophene rings is 1. The molecule has 7 heteroatoms. The summed E-state index contributed by atoms with van der Waals surface area (Å²) in [6.45, 7) is 4.78. The van der Waals surface area contributed by atoms with Crippen molar-refractivity contribution in [3.63, 3.8) is 0 Å². The zero-order valence-electron chi connectivity index (χ0n) is 14.3. The lowest BCUT2D eigenvalue weighted by Crippen LogP contribution is -2.27. The molecule has 3 aromatic heterocycles. The number of benzene rings is 1. The van der Waals surface area contributed by atoms with Crippen molar-refractivity contribution in [3.05, 3.63) is 61.4 Å². The molecule has 1 aromatic carbocycles. The third kappa shape index (κ3) is 3.17. The molecule has 0 aliphatic rings. The maximum Gasteiger partial charge on any atom is 0.261 e. The number of hydrogen-bond acceptors (Lipinski definition) is 3. The van der Waals surface area contributed by atoms with Crippen molar-refractivity contribution in [2.24, 2.45) is 5.92 Å². The molecule has 0 aliphatic heterocycles. The third-order valence-electron chi connectivity index (χ3n) is 4.42. The first-order valence-corrected chi connectivity index (χ1v) is 10.9. The average Bonchev–Trinajstić information content (AvgIpc) is 3.23. The molecular weight excluding hydrogens is 478 g/mol. The molecule has 3 heterocycles. The van der Waals surface area contributed by atoms with E-state index in [4.69, 9.17) is 4.98 Å². The fourth-order valence-electron chi connectivity index (χ4n) is 3.05. The average molecular weight is 495 g/mol. The third-order valence-corrected chi connectivity index (χ3v) is 7.17. The maximum atomic E-state index is 13.3. The fraction of sp³-hybridized carbons (Fsp3) is 0.263. The lowest BCUT2D eigenvalue weighted by Gasteiger charge is -2.19. The molecule has 1 N–H and O–H groups in total. The van der Waals surface area contributed by atoms with Crippen LogP contribution >= 0.6 is 43.2 Å². The molecule has 0 aliphatic carbocycles. The summed E-state index contributed by atoms with van der Waals surface area (Å²) in [5, 5.41) is 3.68. The number of fused-ring (bicyclic) bond motifs is 2. The Labute approximate surface area is 171 Å². The topological polar surface area (TPSA) is 50.7 Å². The van der Waals surface area contributed by atoms with E-state index in [9.17, 15) is 4.79 Å². The monoisotopic (exact) mass is 493 g/mol. The molecule has 4 aromatic rings. The van der Waals surface area contributed by atoms with E-state index in [1.54, 1.807) is 15.9 Å². The van der Waals surface area contributed by atoms with E-state index in [0.717, 1.165) is 31.7 Å². The van der Waals surface area contributed by atoms with Gasteiger partial charge in [0.2, 0.25) is 0 Å². The molecule has 0 saturated heterocycles. The number of nitrogens with one attached hydrogen (secondary N) is 1. The predicted octanol–water partition coefficient (Wildman–Crippen LogP) is 5.84. The number of alkyl halides is 1. The van der Waals surface area contributed by atoms with Crippen LogP contribution in [0.1, 0.15) is 29.4 Å². The standard InChI is InChI=1S/C19H17Br2N3OS/c1-10(2)17(21)18-23-15-8-14-11(7-16(20)22-14)6-13(15)19(25)24(18)9-12-4-3-5-26-12/h3-8,10,17,22H,9H2,1-2H3. The highest BCUT2D eigenvalue weighted by atomic mass is 79.9. The van der Waals surface area contributed by atoms with Crippen LogP contribution in [-0.4, -0.2) is 14.5 Å². The van der Waals surface area contributed by atoms with E-state index in [0.29, 0.717) is 17.8 Å². The van der Waals surface area contributed by atoms with Crippen molar-refractivity contribution < 1.29 is 0 Å². The van der Waals surface area contributed by atoms with Gasteiger partial charge in [-0.2, -0.15) is 0 Å². The van der Waals surface area contributed by atoms with Crippen LogP contribution in [0.5, 0.6) is 0 Å². The fourth-order valence-corrected chi connectivity index (χ4v) is 4.55. The minimum absolute atomic E-state index is 0.00252. The summed E-state index contributed by atoms with van der Waals surface area (Å²) < 4.78 is 2.70. The molecule has 0 amide bonds. The van der Waals surface area contributed by atoms with Crippen LogP contribution in [0.3, 0.4) is 0 Å². The normalized spacial score (nSPS) is 13.1. The minimum Gasteiger partial charge on any atom is -0.349 e. The van der Waals surface area contributed by atoms with Gasteiger partial charge in [-0.15, -0.1) is 11.3 Å². The first kappa shape index (κ1) is 17.9. The van der Waals surface area contributed by atoms with Crippen molar-refractivity contribution in [1.29, 1.82) is 0 Å². The Balaban J connectivity index is 2.01. The molecule has 0 spiro atoms. The van der Waals surface area contributed by atoms with Gasteiger partial charge in [-0.05, 0) is 51.5 Å². The Morgan fingerprint density at radius 3 is 2.81 bits per heavy atom. The van der Waals surface area contributed by atoms with E-state index in [1.807, 2.05) is 29.6 Å². The Kier molecular flexibility index (Phi) is 4.79. The quantitative estimate of drug-likeness (QED) is 0.362. The van der Waals surface area contributed by atoms with Gasteiger partial charge in [-0.3, -0.25) is 9.36 Å². The van der Waals surface area contributed by atoms with Gasteiger partial charge < -0.3 is 4.98 Å². The van der Waals surface area contributed by atoms with Crippen molar-refractivity contribution in [2.45, 2.75) is 25.2 Å². The highest BCUT2D eigenvalue weighted by Crippen LogP contribution is 2.31.